The Balaban J connectivity index is 2.01. The molecule has 1 unspecified atom stereocenters. The molecule has 0 saturated carbocycles. The van der Waals surface area contributed by atoms with Gasteiger partial charge in [-0.25, -0.2) is 4.79 Å². The Hall–Kier alpha value is -0.810. The first kappa shape index (κ1) is 18.5. The molecule has 2 atom stereocenters. The summed E-state index contributed by atoms with van der Waals surface area (Å²) in [6, 6.07) is 0.0506. The zero-order valence-corrected chi connectivity index (χ0v) is 15.8. The van der Waals surface area contributed by atoms with Gasteiger partial charge in [0.15, 0.2) is 0 Å². The molecule has 0 bridgehead atoms. The van der Waals surface area contributed by atoms with Crippen LogP contribution in [0.25, 0.3) is 0 Å². The SMILES string of the molecule is CC(C)(C)OC(=O)N1C(C[C@H]2CCC(C)(C)OC2)COC1(C)C. The maximum absolute atomic E-state index is 12.6. The van der Waals surface area contributed by atoms with E-state index in [9.17, 15) is 4.79 Å². The van der Waals surface area contributed by atoms with Crippen molar-refractivity contribution >= 4 is 6.09 Å². The van der Waals surface area contributed by atoms with Gasteiger partial charge in [0.2, 0.25) is 0 Å². The minimum Gasteiger partial charge on any atom is -0.444 e. The molecule has 2 fully saturated rings. The van der Waals surface area contributed by atoms with E-state index in [4.69, 9.17) is 14.2 Å². The van der Waals surface area contributed by atoms with Crippen LogP contribution in [0.15, 0.2) is 0 Å². The van der Waals surface area contributed by atoms with Gasteiger partial charge in [0.1, 0.15) is 11.3 Å². The molecule has 23 heavy (non-hydrogen) atoms. The number of nitrogens with zero attached hydrogens (tertiary/aromatic N) is 1. The van der Waals surface area contributed by atoms with Gasteiger partial charge in [-0.15, -0.1) is 0 Å². The topological polar surface area (TPSA) is 48.0 Å². The maximum Gasteiger partial charge on any atom is 0.412 e. The molecule has 0 aromatic carbocycles. The number of carbonyl (C=O) groups excluding carboxylic acids is 1. The molecule has 2 saturated heterocycles. The van der Waals surface area contributed by atoms with Crippen LogP contribution in [0.5, 0.6) is 0 Å². The van der Waals surface area contributed by atoms with Gasteiger partial charge in [0, 0.05) is 0 Å². The van der Waals surface area contributed by atoms with Crippen molar-refractivity contribution in [1.82, 2.24) is 4.90 Å². The zero-order chi connectivity index (χ0) is 17.5. The largest absolute Gasteiger partial charge is 0.444 e. The molecule has 0 N–H and O–H groups in total. The molecule has 2 heterocycles. The van der Waals surface area contributed by atoms with Gasteiger partial charge in [0.25, 0.3) is 0 Å². The molecule has 0 spiro atoms. The third-order valence-corrected chi connectivity index (χ3v) is 4.63. The standard InChI is InChI=1S/C18H33NO4/c1-16(2,3)23-15(20)19-14(12-22-18(19,6)7)10-13-8-9-17(4,5)21-11-13/h13-14H,8-12H2,1-7H3/t13-,14?/m1/s1. The Bertz CT molecular complexity index is 429. The Morgan fingerprint density at radius 1 is 1.17 bits per heavy atom. The van der Waals surface area contributed by atoms with E-state index in [1.165, 1.54) is 0 Å². The molecule has 0 radical (unpaired) electrons. The van der Waals surface area contributed by atoms with E-state index in [0.717, 1.165) is 25.9 Å². The van der Waals surface area contributed by atoms with Gasteiger partial charge < -0.3 is 14.2 Å². The fourth-order valence-electron chi connectivity index (χ4n) is 3.36. The van der Waals surface area contributed by atoms with Crippen LogP contribution in [0, 0.1) is 5.92 Å². The molecular weight excluding hydrogens is 294 g/mol. The third kappa shape index (κ3) is 4.83. The maximum atomic E-state index is 12.6. The van der Waals surface area contributed by atoms with Gasteiger partial charge in [-0.3, -0.25) is 4.90 Å². The molecule has 2 aliphatic heterocycles. The summed E-state index contributed by atoms with van der Waals surface area (Å²) in [5.74, 6) is 0.468. The predicted octanol–water partition coefficient (Wildman–Crippen LogP) is 3.95. The second-order valence-electron chi connectivity index (χ2n) is 8.97. The predicted molar refractivity (Wildman–Crippen MR) is 89.3 cm³/mol. The molecule has 134 valence electrons. The van der Waals surface area contributed by atoms with Crippen molar-refractivity contribution in [3.8, 4) is 0 Å². The van der Waals surface area contributed by atoms with Crippen molar-refractivity contribution in [1.29, 1.82) is 0 Å². The van der Waals surface area contributed by atoms with Crippen LogP contribution in [-0.2, 0) is 14.2 Å². The molecule has 1 amide bonds. The Labute approximate surface area is 140 Å². The van der Waals surface area contributed by atoms with Crippen molar-refractivity contribution in [2.24, 2.45) is 5.92 Å². The van der Waals surface area contributed by atoms with E-state index < -0.39 is 11.3 Å². The fourth-order valence-corrected chi connectivity index (χ4v) is 3.36. The van der Waals surface area contributed by atoms with E-state index >= 15 is 0 Å². The van der Waals surface area contributed by atoms with Crippen molar-refractivity contribution < 1.29 is 19.0 Å². The summed E-state index contributed by atoms with van der Waals surface area (Å²) in [6.07, 6.45) is 2.80. The summed E-state index contributed by atoms with van der Waals surface area (Å²) in [5, 5.41) is 0. The Kier molecular flexibility index (Phi) is 5.03. The third-order valence-electron chi connectivity index (χ3n) is 4.63. The van der Waals surface area contributed by atoms with Crippen molar-refractivity contribution in [3.63, 3.8) is 0 Å². The van der Waals surface area contributed by atoms with Gasteiger partial charge in [-0.1, -0.05) is 0 Å². The summed E-state index contributed by atoms with van der Waals surface area (Å²) in [7, 11) is 0. The summed E-state index contributed by atoms with van der Waals surface area (Å²) in [4.78, 5) is 14.4. The lowest BCUT2D eigenvalue weighted by Gasteiger charge is -2.38. The number of hydrogen-bond donors (Lipinski definition) is 0. The first-order chi connectivity index (χ1) is 10.4. The van der Waals surface area contributed by atoms with Gasteiger partial charge >= 0.3 is 6.09 Å². The molecule has 0 aromatic rings. The van der Waals surface area contributed by atoms with Gasteiger partial charge in [-0.05, 0) is 73.6 Å². The normalized spacial score (nSPS) is 30.3. The van der Waals surface area contributed by atoms with E-state index in [-0.39, 0.29) is 17.7 Å². The number of rotatable bonds is 2. The van der Waals surface area contributed by atoms with E-state index in [1.54, 1.807) is 4.90 Å². The highest BCUT2D eigenvalue weighted by molar-refractivity contribution is 5.69. The lowest BCUT2D eigenvalue weighted by molar-refractivity contribution is -0.0844. The zero-order valence-electron chi connectivity index (χ0n) is 15.8. The van der Waals surface area contributed by atoms with Crippen LogP contribution >= 0.6 is 0 Å². The molecule has 2 aliphatic rings. The minimum atomic E-state index is -0.623. The second kappa shape index (κ2) is 6.25. The molecule has 5 heteroatoms. The van der Waals surface area contributed by atoms with Crippen LogP contribution in [0.1, 0.15) is 67.7 Å². The lowest BCUT2D eigenvalue weighted by atomic mass is 9.87. The highest BCUT2D eigenvalue weighted by Crippen LogP contribution is 2.36. The molecular formula is C18H33NO4. The molecule has 0 aliphatic carbocycles. The summed E-state index contributed by atoms with van der Waals surface area (Å²) in [5.41, 5.74) is -1.15. The Morgan fingerprint density at radius 3 is 2.35 bits per heavy atom. The van der Waals surface area contributed by atoms with Crippen molar-refractivity contribution in [2.75, 3.05) is 13.2 Å². The average Bonchev–Trinajstić information content (AvgIpc) is 2.65. The highest BCUT2D eigenvalue weighted by atomic mass is 16.6. The van der Waals surface area contributed by atoms with E-state index in [2.05, 4.69) is 13.8 Å². The molecule has 5 nitrogen and oxygen atoms in total. The highest BCUT2D eigenvalue weighted by Gasteiger charge is 2.46. The van der Waals surface area contributed by atoms with Crippen LogP contribution in [0.2, 0.25) is 0 Å². The first-order valence-electron chi connectivity index (χ1n) is 8.70. The second-order valence-corrected chi connectivity index (χ2v) is 8.97. The first-order valence-corrected chi connectivity index (χ1v) is 8.70. The quantitative estimate of drug-likeness (QED) is 0.770. The summed E-state index contributed by atoms with van der Waals surface area (Å²) < 4.78 is 17.4. The molecule has 2 rings (SSSR count). The summed E-state index contributed by atoms with van der Waals surface area (Å²) >= 11 is 0. The lowest BCUT2D eigenvalue weighted by Crippen LogP contribution is -2.50. The number of ether oxygens (including phenoxy) is 3. The number of carbonyl (C=O) groups is 1. The molecule has 0 aromatic heterocycles. The van der Waals surface area contributed by atoms with Crippen LogP contribution in [0.4, 0.5) is 4.79 Å². The monoisotopic (exact) mass is 327 g/mol. The van der Waals surface area contributed by atoms with Crippen molar-refractivity contribution in [2.45, 2.75) is 90.7 Å². The van der Waals surface area contributed by atoms with Gasteiger partial charge in [-0.2, -0.15) is 0 Å². The van der Waals surface area contributed by atoms with Gasteiger partial charge in [0.05, 0.1) is 24.9 Å². The van der Waals surface area contributed by atoms with Crippen molar-refractivity contribution in [3.05, 3.63) is 0 Å². The van der Waals surface area contributed by atoms with Crippen LogP contribution in [-0.4, -0.2) is 47.2 Å². The Morgan fingerprint density at radius 2 is 1.83 bits per heavy atom. The minimum absolute atomic E-state index is 0.0210. The number of amides is 1. The average molecular weight is 327 g/mol. The smallest absolute Gasteiger partial charge is 0.412 e. The van der Waals surface area contributed by atoms with Crippen LogP contribution < -0.4 is 0 Å². The van der Waals surface area contributed by atoms with E-state index in [0.29, 0.717) is 12.5 Å². The summed E-state index contributed by atoms with van der Waals surface area (Å²) in [6.45, 7) is 15.1. The number of hydrogen-bond acceptors (Lipinski definition) is 4. The van der Waals surface area contributed by atoms with Crippen LogP contribution in [0.3, 0.4) is 0 Å². The van der Waals surface area contributed by atoms with E-state index in [1.807, 2.05) is 34.6 Å². The fraction of sp³-hybridized carbons (Fsp3) is 0.944.